The van der Waals surface area contributed by atoms with Gasteiger partial charge < -0.3 is 9.72 Å². The minimum Gasteiger partial charge on any atom is -0.381 e. The number of nitrogens with one attached hydrogen (secondary N) is 1. The molecule has 0 bridgehead atoms. The highest BCUT2D eigenvalue weighted by Gasteiger charge is 2.21. The van der Waals surface area contributed by atoms with E-state index in [0.717, 1.165) is 52.5 Å². The highest BCUT2D eigenvalue weighted by Crippen LogP contribution is 2.30. The summed E-state index contributed by atoms with van der Waals surface area (Å²) < 4.78 is 8.49. The molecule has 0 radical (unpaired) electrons. The number of aryl methyl sites for hydroxylation is 1. The van der Waals surface area contributed by atoms with Gasteiger partial charge in [-0.05, 0) is 37.5 Å². The number of H-pyrrole nitrogens is 1. The zero-order valence-electron chi connectivity index (χ0n) is 12.2. The number of fused-ring (bicyclic) bond motifs is 3. The molecule has 0 atom stereocenters. The second-order valence-electron chi connectivity index (χ2n) is 5.80. The van der Waals surface area contributed by atoms with Crippen LogP contribution in [-0.4, -0.2) is 28.0 Å². The van der Waals surface area contributed by atoms with Crippen LogP contribution in [0, 0.1) is 6.92 Å². The summed E-state index contributed by atoms with van der Waals surface area (Å²) in [6.07, 6.45) is 3.53. The van der Waals surface area contributed by atoms with Crippen LogP contribution in [0.4, 0.5) is 0 Å². The summed E-state index contributed by atoms with van der Waals surface area (Å²) in [5.74, 6) is 0. The molecular weight excluding hydrogens is 346 g/mol. The van der Waals surface area contributed by atoms with E-state index in [1.165, 1.54) is 0 Å². The van der Waals surface area contributed by atoms with Crippen molar-refractivity contribution >= 4 is 37.7 Å². The van der Waals surface area contributed by atoms with Gasteiger partial charge in [-0.25, -0.2) is 0 Å². The van der Waals surface area contributed by atoms with E-state index in [0.29, 0.717) is 5.39 Å². The molecule has 2 aromatic heterocycles. The van der Waals surface area contributed by atoms with E-state index in [4.69, 9.17) is 4.74 Å². The lowest BCUT2D eigenvalue weighted by Gasteiger charge is -2.23. The number of rotatable bonds is 1. The lowest BCUT2D eigenvalue weighted by atomic mass is 10.1. The van der Waals surface area contributed by atoms with Gasteiger partial charge in [0.1, 0.15) is 0 Å². The Morgan fingerprint density at radius 2 is 2.09 bits per heavy atom. The lowest BCUT2D eigenvalue weighted by Crippen LogP contribution is -2.20. The van der Waals surface area contributed by atoms with Crippen LogP contribution in [0.2, 0.25) is 0 Å². The molecule has 6 heteroatoms. The Bertz CT molecular complexity index is 922. The van der Waals surface area contributed by atoms with Crippen molar-refractivity contribution in [3.63, 3.8) is 0 Å². The van der Waals surface area contributed by atoms with Crippen LogP contribution in [0.25, 0.3) is 21.8 Å². The van der Waals surface area contributed by atoms with Crippen LogP contribution in [-0.2, 0) is 4.74 Å². The van der Waals surface area contributed by atoms with Gasteiger partial charge in [0.15, 0.2) is 0 Å². The number of halogens is 1. The largest absolute Gasteiger partial charge is 0.381 e. The van der Waals surface area contributed by atoms with Gasteiger partial charge in [-0.2, -0.15) is 5.10 Å². The molecule has 0 spiro atoms. The molecular formula is C16H16BrN3O2. The summed E-state index contributed by atoms with van der Waals surface area (Å²) in [6.45, 7) is 3.51. The van der Waals surface area contributed by atoms with E-state index in [1.807, 2.05) is 17.7 Å². The predicted octanol–water partition coefficient (Wildman–Crippen LogP) is 3.30. The van der Waals surface area contributed by atoms with Crippen molar-refractivity contribution in [2.75, 3.05) is 13.2 Å². The molecule has 1 aliphatic heterocycles. The summed E-state index contributed by atoms with van der Waals surface area (Å²) in [6, 6.07) is 4.36. The normalized spacial score (nSPS) is 16.6. The molecule has 22 heavy (non-hydrogen) atoms. The van der Waals surface area contributed by atoms with E-state index in [2.05, 4.69) is 32.1 Å². The first-order chi connectivity index (χ1) is 10.6. The Labute approximate surface area is 135 Å². The number of ether oxygens (including phenoxy) is 1. The third-order valence-electron chi connectivity index (χ3n) is 4.38. The van der Waals surface area contributed by atoms with Gasteiger partial charge in [0.2, 0.25) is 0 Å². The summed E-state index contributed by atoms with van der Waals surface area (Å²) in [5, 5.41) is 6.18. The number of benzene rings is 1. The average molecular weight is 362 g/mol. The van der Waals surface area contributed by atoms with E-state index < -0.39 is 0 Å². The highest BCUT2D eigenvalue weighted by atomic mass is 79.9. The monoisotopic (exact) mass is 361 g/mol. The molecule has 0 amide bonds. The van der Waals surface area contributed by atoms with Gasteiger partial charge in [-0.15, -0.1) is 0 Å². The Hall–Kier alpha value is -1.66. The van der Waals surface area contributed by atoms with Crippen molar-refractivity contribution in [3.8, 4) is 0 Å². The first-order valence-corrected chi connectivity index (χ1v) is 8.21. The molecule has 1 aromatic carbocycles. The van der Waals surface area contributed by atoms with Crippen LogP contribution in [0.15, 0.2) is 27.6 Å². The maximum Gasteiger partial charge on any atom is 0.259 e. The Balaban J connectivity index is 2.06. The number of hydrogen-bond acceptors (Lipinski definition) is 3. The van der Waals surface area contributed by atoms with Gasteiger partial charge in [0.05, 0.1) is 28.7 Å². The number of aromatic nitrogens is 3. The maximum atomic E-state index is 12.3. The summed E-state index contributed by atoms with van der Waals surface area (Å²) in [5.41, 5.74) is 2.79. The van der Waals surface area contributed by atoms with Crippen molar-refractivity contribution in [1.82, 2.24) is 14.8 Å². The average Bonchev–Trinajstić information content (AvgIpc) is 2.96. The molecule has 1 N–H and O–H groups in total. The molecule has 5 nitrogen and oxygen atoms in total. The molecule has 3 heterocycles. The van der Waals surface area contributed by atoms with Gasteiger partial charge in [0.25, 0.3) is 5.56 Å². The van der Waals surface area contributed by atoms with E-state index >= 15 is 0 Å². The third kappa shape index (κ3) is 2.09. The van der Waals surface area contributed by atoms with Crippen molar-refractivity contribution in [1.29, 1.82) is 0 Å². The van der Waals surface area contributed by atoms with Gasteiger partial charge in [0, 0.05) is 23.1 Å². The van der Waals surface area contributed by atoms with Crippen molar-refractivity contribution < 1.29 is 4.74 Å². The molecule has 0 saturated carbocycles. The van der Waals surface area contributed by atoms with Crippen LogP contribution >= 0.6 is 15.9 Å². The fourth-order valence-corrected chi connectivity index (χ4v) is 3.52. The van der Waals surface area contributed by atoms with Gasteiger partial charge >= 0.3 is 0 Å². The molecule has 0 aliphatic carbocycles. The van der Waals surface area contributed by atoms with Gasteiger partial charge in [-0.1, -0.05) is 15.9 Å². The quantitative estimate of drug-likeness (QED) is 0.723. The van der Waals surface area contributed by atoms with E-state index in [9.17, 15) is 4.79 Å². The highest BCUT2D eigenvalue weighted by molar-refractivity contribution is 9.10. The topological polar surface area (TPSA) is 59.9 Å². The Morgan fingerprint density at radius 1 is 1.32 bits per heavy atom. The summed E-state index contributed by atoms with van der Waals surface area (Å²) >= 11 is 3.59. The molecule has 1 aliphatic rings. The lowest BCUT2D eigenvalue weighted by molar-refractivity contribution is 0.0675. The van der Waals surface area contributed by atoms with Crippen LogP contribution in [0.5, 0.6) is 0 Å². The molecule has 1 fully saturated rings. The third-order valence-corrected chi connectivity index (χ3v) is 5.23. The smallest absolute Gasteiger partial charge is 0.259 e. The van der Waals surface area contributed by atoms with Crippen LogP contribution in [0.3, 0.4) is 0 Å². The molecule has 0 unspecified atom stereocenters. The molecule has 114 valence electrons. The van der Waals surface area contributed by atoms with Crippen molar-refractivity contribution in [3.05, 3.63) is 38.7 Å². The summed E-state index contributed by atoms with van der Waals surface area (Å²) in [4.78, 5) is 15.3. The standard InChI is InChI=1S/C16H16BrN3O2/c1-9-6-14-11(7-13(9)17)15-12(16(21)19-14)8-18-20(15)10-2-4-22-5-3-10/h6-8,10H,2-5H2,1H3,(H,19,21). The Kier molecular flexibility index (Phi) is 3.31. The second kappa shape index (κ2) is 5.21. The number of pyridine rings is 1. The fraction of sp³-hybridized carbons (Fsp3) is 0.375. The molecule has 1 saturated heterocycles. The minimum absolute atomic E-state index is 0.0810. The van der Waals surface area contributed by atoms with Crippen molar-refractivity contribution in [2.45, 2.75) is 25.8 Å². The van der Waals surface area contributed by atoms with Crippen LogP contribution in [0.1, 0.15) is 24.4 Å². The van der Waals surface area contributed by atoms with Crippen LogP contribution < -0.4 is 5.56 Å². The minimum atomic E-state index is -0.0810. The SMILES string of the molecule is Cc1cc2[nH]c(=O)c3cnn(C4CCOCC4)c3c2cc1Br. The van der Waals surface area contributed by atoms with Gasteiger partial charge in [-0.3, -0.25) is 9.48 Å². The summed E-state index contributed by atoms with van der Waals surface area (Å²) in [7, 11) is 0. The fourth-order valence-electron chi connectivity index (χ4n) is 3.17. The van der Waals surface area contributed by atoms with E-state index in [-0.39, 0.29) is 11.6 Å². The number of hydrogen-bond donors (Lipinski definition) is 1. The second-order valence-corrected chi connectivity index (χ2v) is 6.65. The molecule has 4 rings (SSSR count). The Morgan fingerprint density at radius 3 is 2.86 bits per heavy atom. The maximum absolute atomic E-state index is 12.3. The van der Waals surface area contributed by atoms with Crippen molar-refractivity contribution in [2.24, 2.45) is 0 Å². The predicted molar refractivity (Wildman–Crippen MR) is 89.4 cm³/mol. The first-order valence-electron chi connectivity index (χ1n) is 7.42. The zero-order chi connectivity index (χ0) is 15.3. The molecule has 3 aromatic rings. The number of aromatic amines is 1. The van der Waals surface area contributed by atoms with E-state index in [1.54, 1.807) is 6.20 Å². The first kappa shape index (κ1) is 14.0. The number of nitrogens with zero attached hydrogens (tertiary/aromatic N) is 2. The zero-order valence-corrected chi connectivity index (χ0v) is 13.8.